The minimum atomic E-state index is -0.0304. The predicted molar refractivity (Wildman–Crippen MR) is 86.2 cm³/mol. The van der Waals surface area contributed by atoms with E-state index in [4.69, 9.17) is 5.73 Å². The summed E-state index contributed by atoms with van der Waals surface area (Å²) in [7, 11) is 0. The fourth-order valence-electron chi connectivity index (χ4n) is 2.31. The van der Waals surface area contributed by atoms with Crippen LogP contribution in [0.4, 0.5) is 10.5 Å². The van der Waals surface area contributed by atoms with Crippen LogP contribution in [0.25, 0.3) is 0 Å². The van der Waals surface area contributed by atoms with Gasteiger partial charge in [0.2, 0.25) is 0 Å². The maximum Gasteiger partial charge on any atom is 0.322 e. The molecule has 3 atom stereocenters. The average Bonchev–Trinajstić information content (AvgIpc) is 2.42. The number of nitrogens with two attached hydrogens (primary N) is 1. The molecule has 5 heteroatoms. The summed E-state index contributed by atoms with van der Waals surface area (Å²) < 4.78 is 0. The number of thioether (sulfide) groups is 1. The number of nitrogens with one attached hydrogen (secondary N) is 1. The normalized spacial score (nSPS) is 24.3. The minimum absolute atomic E-state index is 0.0218. The third-order valence-corrected chi connectivity index (χ3v) is 5.15. The van der Waals surface area contributed by atoms with Crippen LogP contribution in [-0.4, -0.2) is 34.5 Å². The second-order valence-corrected chi connectivity index (χ2v) is 6.84. The average molecular weight is 293 g/mol. The van der Waals surface area contributed by atoms with Gasteiger partial charge in [-0.2, -0.15) is 11.8 Å². The molecule has 1 aromatic carbocycles. The molecule has 1 aliphatic rings. The Balaban J connectivity index is 2.05. The first-order valence-electron chi connectivity index (χ1n) is 7.04. The molecule has 1 aliphatic heterocycles. The Morgan fingerprint density at radius 3 is 2.95 bits per heavy atom. The van der Waals surface area contributed by atoms with Crippen molar-refractivity contribution in [3.8, 4) is 0 Å². The molecule has 1 saturated heterocycles. The number of anilines is 1. The van der Waals surface area contributed by atoms with E-state index in [1.54, 1.807) is 0 Å². The van der Waals surface area contributed by atoms with Crippen LogP contribution in [0.2, 0.25) is 0 Å². The van der Waals surface area contributed by atoms with Crippen LogP contribution >= 0.6 is 11.8 Å². The highest BCUT2D eigenvalue weighted by molar-refractivity contribution is 8.00. The van der Waals surface area contributed by atoms with Gasteiger partial charge < -0.3 is 16.0 Å². The Morgan fingerprint density at radius 1 is 1.50 bits per heavy atom. The van der Waals surface area contributed by atoms with E-state index in [9.17, 15) is 4.79 Å². The molecule has 1 heterocycles. The molecule has 1 fully saturated rings. The first kappa shape index (κ1) is 15.2. The molecular weight excluding hydrogens is 270 g/mol. The van der Waals surface area contributed by atoms with Crippen molar-refractivity contribution in [1.29, 1.82) is 0 Å². The molecule has 20 heavy (non-hydrogen) atoms. The van der Waals surface area contributed by atoms with Crippen molar-refractivity contribution in [2.24, 2.45) is 5.73 Å². The van der Waals surface area contributed by atoms with E-state index in [2.05, 4.69) is 19.2 Å². The molecule has 0 bridgehead atoms. The lowest BCUT2D eigenvalue weighted by atomic mass is 10.1. The highest BCUT2D eigenvalue weighted by Crippen LogP contribution is 2.25. The SMILES string of the molecule is CC(N)c1cccc(NC(=O)N2CCSC(C)C2C)c1. The molecule has 0 radical (unpaired) electrons. The standard InChI is InChI=1S/C15H23N3OS/c1-10(16)13-5-4-6-14(9-13)17-15(19)18-7-8-20-12(3)11(18)2/h4-6,9-12H,7-8,16H2,1-3H3,(H,17,19). The zero-order valence-electron chi connectivity index (χ0n) is 12.3. The van der Waals surface area contributed by atoms with E-state index in [-0.39, 0.29) is 18.1 Å². The third kappa shape index (κ3) is 3.46. The van der Waals surface area contributed by atoms with Crippen LogP contribution in [0.5, 0.6) is 0 Å². The van der Waals surface area contributed by atoms with Crippen molar-refractivity contribution in [3.05, 3.63) is 29.8 Å². The minimum Gasteiger partial charge on any atom is -0.324 e. The smallest absolute Gasteiger partial charge is 0.322 e. The van der Waals surface area contributed by atoms with Gasteiger partial charge in [0.15, 0.2) is 0 Å². The monoisotopic (exact) mass is 293 g/mol. The maximum atomic E-state index is 12.4. The fraction of sp³-hybridized carbons (Fsp3) is 0.533. The van der Waals surface area contributed by atoms with Crippen LogP contribution in [0.1, 0.15) is 32.4 Å². The molecule has 3 unspecified atom stereocenters. The summed E-state index contributed by atoms with van der Waals surface area (Å²) in [5.41, 5.74) is 7.71. The van der Waals surface area contributed by atoms with E-state index in [1.165, 1.54) is 0 Å². The van der Waals surface area contributed by atoms with Gasteiger partial charge in [-0.3, -0.25) is 0 Å². The van der Waals surface area contributed by atoms with E-state index in [0.29, 0.717) is 5.25 Å². The van der Waals surface area contributed by atoms with Crippen molar-refractivity contribution in [2.45, 2.75) is 38.1 Å². The largest absolute Gasteiger partial charge is 0.324 e. The lowest BCUT2D eigenvalue weighted by Crippen LogP contribution is -2.49. The summed E-state index contributed by atoms with van der Waals surface area (Å²) in [4.78, 5) is 14.3. The maximum absolute atomic E-state index is 12.4. The van der Waals surface area contributed by atoms with Gasteiger partial charge in [0, 0.05) is 35.3 Å². The van der Waals surface area contributed by atoms with Gasteiger partial charge in [-0.25, -0.2) is 4.79 Å². The van der Waals surface area contributed by atoms with Crippen LogP contribution in [0.15, 0.2) is 24.3 Å². The molecular formula is C15H23N3OS. The third-order valence-electron chi connectivity index (χ3n) is 3.81. The quantitative estimate of drug-likeness (QED) is 0.881. The molecule has 3 N–H and O–H groups in total. The molecule has 2 amide bonds. The Hall–Kier alpha value is -1.20. The van der Waals surface area contributed by atoms with Crippen molar-refractivity contribution in [1.82, 2.24) is 4.90 Å². The highest BCUT2D eigenvalue weighted by atomic mass is 32.2. The van der Waals surface area contributed by atoms with Crippen molar-refractivity contribution in [2.75, 3.05) is 17.6 Å². The topological polar surface area (TPSA) is 58.4 Å². The van der Waals surface area contributed by atoms with Gasteiger partial charge in [0.1, 0.15) is 0 Å². The number of carbonyl (C=O) groups is 1. The Morgan fingerprint density at radius 2 is 2.25 bits per heavy atom. The second kappa shape index (κ2) is 6.50. The first-order chi connectivity index (χ1) is 9.49. The van der Waals surface area contributed by atoms with Crippen molar-refractivity contribution in [3.63, 3.8) is 0 Å². The number of amides is 2. The highest BCUT2D eigenvalue weighted by Gasteiger charge is 2.28. The molecule has 0 saturated carbocycles. The van der Waals surface area contributed by atoms with Crippen LogP contribution in [0.3, 0.4) is 0 Å². The molecule has 0 aromatic heterocycles. The number of carbonyl (C=O) groups excluding carboxylic acids is 1. The summed E-state index contributed by atoms with van der Waals surface area (Å²) in [6.07, 6.45) is 0. The molecule has 2 rings (SSSR count). The van der Waals surface area contributed by atoms with Gasteiger partial charge in [-0.05, 0) is 31.5 Å². The number of hydrogen-bond acceptors (Lipinski definition) is 3. The summed E-state index contributed by atoms with van der Waals surface area (Å²) in [6, 6.07) is 7.94. The molecule has 0 aliphatic carbocycles. The fourth-order valence-corrected chi connectivity index (χ4v) is 3.41. The predicted octanol–water partition coefficient (Wildman–Crippen LogP) is 3.06. The zero-order chi connectivity index (χ0) is 14.7. The summed E-state index contributed by atoms with van der Waals surface area (Å²) in [5, 5.41) is 3.46. The lowest BCUT2D eigenvalue weighted by molar-refractivity contribution is 0.194. The molecule has 0 spiro atoms. The van der Waals surface area contributed by atoms with E-state index in [0.717, 1.165) is 23.5 Å². The Labute approximate surface area is 125 Å². The summed E-state index contributed by atoms with van der Waals surface area (Å²) in [5.74, 6) is 0.999. The number of urea groups is 1. The number of rotatable bonds is 2. The van der Waals surface area contributed by atoms with E-state index >= 15 is 0 Å². The zero-order valence-corrected chi connectivity index (χ0v) is 13.1. The Bertz CT molecular complexity index is 478. The van der Waals surface area contributed by atoms with Gasteiger partial charge in [0.05, 0.1) is 0 Å². The van der Waals surface area contributed by atoms with Gasteiger partial charge in [-0.1, -0.05) is 19.1 Å². The van der Waals surface area contributed by atoms with Crippen LogP contribution < -0.4 is 11.1 Å². The number of benzene rings is 1. The molecule has 1 aromatic rings. The van der Waals surface area contributed by atoms with E-state index in [1.807, 2.05) is 47.9 Å². The van der Waals surface area contributed by atoms with Crippen molar-refractivity contribution < 1.29 is 4.79 Å². The van der Waals surface area contributed by atoms with E-state index < -0.39 is 0 Å². The van der Waals surface area contributed by atoms with Gasteiger partial charge in [0.25, 0.3) is 0 Å². The summed E-state index contributed by atoms with van der Waals surface area (Å²) in [6.45, 7) is 7.02. The van der Waals surface area contributed by atoms with Gasteiger partial charge >= 0.3 is 6.03 Å². The number of nitrogens with zero attached hydrogens (tertiary/aromatic N) is 1. The van der Waals surface area contributed by atoms with Gasteiger partial charge in [-0.15, -0.1) is 0 Å². The Kier molecular flexibility index (Phi) is 4.94. The van der Waals surface area contributed by atoms with Crippen molar-refractivity contribution >= 4 is 23.5 Å². The number of hydrogen-bond donors (Lipinski definition) is 2. The summed E-state index contributed by atoms with van der Waals surface area (Å²) >= 11 is 1.92. The second-order valence-electron chi connectivity index (χ2n) is 5.35. The van der Waals surface area contributed by atoms with Crippen LogP contribution in [-0.2, 0) is 0 Å². The first-order valence-corrected chi connectivity index (χ1v) is 8.08. The molecule has 110 valence electrons. The lowest BCUT2D eigenvalue weighted by Gasteiger charge is -2.37. The van der Waals surface area contributed by atoms with Crippen LogP contribution in [0, 0.1) is 0 Å². The molecule has 4 nitrogen and oxygen atoms in total.